The van der Waals surface area contributed by atoms with E-state index < -0.39 is 0 Å². The lowest BCUT2D eigenvalue weighted by Crippen LogP contribution is -2.22. The zero-order valence-electron chi connectivity index (χ0n) is 4.80. The molecule has 2 nitrogen and oxygen atoms in total. The maximum Gasteiger partial charge on any atom is 0.147 e. The van der Waals surface area contributed by atoms with E-state index in [9.17, 15) is 0 Å². The van der Waals surface area contributed by atoms with Crippen LogP contribution in [0.25, 0.3) is 0 Å². The molecule has 0 aromatic heterocycles. The molecule has 2 fully saturated rings. The van der Waals surface area contributed by atoms with Crippen LogP contribution in [0.15, 0.2) is 0 Å². The quantitative estimate of drug-likeness (QED) is 0.466. The molecular formula is C6H10O2. The molecule has 2 bridgehead atoms. The van der Waals surface area contributed by atoms with Crippen molar-refractivity contribution >= 4 is 0 Å². The fourth-order valence-corrected chi connectivity index (χ4v) is 1.44. The van der Waals surface area contributed by atoms with Crippen LogP contribution in [0.5, 0.6) is 0 Å². The van der Waals surface area contributed by atoms with Crippen LogP contribution in [0.4, 0.5) is 0 Å². The number of rotatable bonds is 0. The Balaban J connectivity index is 2.03. The minimum Gasteiger partial charge on any atom is -0.352 e. The van der Waals surface area contributed by atoms with E-state index in [1.54, 1.807) is 0 Å². The lowest BCUT2D eigenvalue weighted by Gasteiger charge is -2.19. The standard InChI is InChI=1S/C6H10O2/c1-2-6-3-5(1)7-4-8-6/h5-6H,1-4H2. The lowest BCUT2D eigenvalue weighted by atomic mass is 10.3. The number of fused-ring (bicyclic) bond motifs is 2. The van der Waals surface area contributed by atoms with Gasteiger partial charge in [0.05, 0.1) is 12.2 Å². The first-order valence-corrected chi connectivity index (χ1v) is 3.18. The monoisotopic (exact) mass is 114 g/mol. The Morgan fingerprint density at radius 2 is 1.62 bits per heavy atom. The Morgan fingerprint density at radius 1 is 1.00 bits per heavy atom. The summed E-state index contributed by atoms with van der Waals surface area (Å²) < 4.78 is 10.5. The highest BCUT2D eigenvalue weighted by Gasteiger charge is 2.29. The topological polar surface area (TPSA) is 18.5 Å². The molecule has 0 aromatic carbocycles. The number of hydrogen-bond acceptors (Lipinski definition) is 2. The second-order valence-corrected chi connectivity index (χ2v) is 2.51. The Kier molecular flexibility index (Phi) is 1.02. The average molecular weight is 114 g/mol. The maximum absolute atomic E-state index is 5.25. The smallest absolute Gasteiger partial charge is 0.147 e. The van der Waals surface area contributed by atoms with Gasteiger partial charge >= 0.3 is 0 Å². The van der Waals surface area contributed by atoms with Crippen molar-refractivity contribution in [1.29, 1.82) is 0 Å². The van der Waals surface area contributed by atoms with Crippen LogP contribution in [0, 0.1) is 0 Å². The van der Waals surface area contributed by atoms with Gasteiger partial charge in [-0.3, -0.25) is 0 Å². The van der Waals surface area contributed by atoms with E-state index >= 15 is 0 Å². The molecule has 2 unspecified atom stereocenters. The van der Waals surface area contributed by atoms with Gasteiger partial charge in [-0.15, -0.1) is 0 Å². The molecule has 8 heavy (non-hydrogen) atoms. The van der Waals surface area contributed by atoms with Crippen molar-refractivity contribution in [3.05, 3.63) is 0 Å². The van der Waals surface area contributed by atoms with Crippen molar-refractivity contribution in [3.63, 3.8) is 0 Å². The van der Waals surface area contributed by atoms with Gasteiger partial charge < -0.3 is 9.47 Å². The average Bonchev–Trinajstić information content (AvgIpc) is 2.12. The van der Waals surface area contributed by atoms with Crippen LogP contribution in [-0.4, -0.2) is 19.0 Å². The molecule has 1 saturated heterocycles. The molecular weight excluding hydrogens is 104 g/mol. The summed E-state index contributed by atoms with van der Waals surface area (Å²) in [6.45, 7) is 0.537. The highest BCUT2D eigenvalue weighted by molar-refractivity contribution is 4.78. The van der Waals surface area contributed by atoms with Crippen molar-refractivity contribution in [2.45, 2.75) is 31.5 Å². The fourth-order valence-electron chi connectivity index (χ4n) is 1.44. The van der Waals surface area contributed by atoms with Crippen LogP contribution in [0.1, 0.15) is 19.3 Å². The van der Waals surface area contributed by atoms with Crippen LogP contribution in [-0.2, 0) is 9.47 Å². The number of hydrogen-bond donors (Lipinski definition) is 0. The molecule has 1 heterocycles. The van der Waals surface area contributed by atoms with E-state index in [1.807, 2.05) is 0 Å². The molecule has 0 spiro atoms. The van der Waals surface area contributed by atoms with Gasteiger partial charge in [0.15, 0.2) is 0 Å². The van der Waals surface area contributed by atoms with E-state index in [4.69, 9.17) is 9.47 Å². The van der Waals surface area contributed by atoms with Crippen molar-refractivity contribution in [3.8, 4) is 0 Å². The van der Waals surface area contributed by atoms with Crippen molar-refractivity contribution in [2.75, 3.05) is 6.79 Å². The second kappa shape index (κ2) is 1.71. The summed E-state index contributed by atoms with van der Waals surface area (Å²) in [6, 6.07) is 0. The summed E-state index contributed by atoms with van der Waals surface area (Å²) in [5.41, 5.74) is 0. The van der Waals surface area contributed by atoms with Crippen molar-refractivity contribution in [2.24, 2.45) is 0 Å². The van der Waals surface area contributed by atoms with Crippen LogP contribution >= 0.6 is 0 Å². The zero-order chi connectivity index (χ0) is 5.40. The third-order valence-electron chi connectivity index (χ3n) is 1.94. The van der Waals surface area contributed by atoms with Gasteiger partial charge in [-0.25, -0.2) is 0 Å². The minimum atomic E-state index is 0.536. The lowest BCUT2D eigenvalue weighted by molar-refractivity contribution is -0.145. The van der Waals surface area contributed by atoms with Gasteiger partial charge in [0, 0.05) is 0 Å². The summed E-state index contributed by atoms with van der Waals surface area (Å²) in [4.78, 5) is 0. The van der Waals surface area contributed by atoms with Gasteiger partial charge in [0.2, 0.25) is 0 Å². The highest BCUT2D eigenvalue weighted by atomic mass is 16.7. The molecule has 1 aliphatic carbocycles. The second-order valence-electron chi connectivity index (χ2n) is 2.51. The summed E-state index contributed by atoms with van der Waals surface area (Å²) in [6.07, 6.45) is 4.64. The van der Waals surface area contributed by atoms with Gasteiger partial charge in [0.1, 0.15) is 6.79 Å². The first kappa shape index (κ1) is 4.77. The third kappa shape index (κ3) is 0.644. The van der Waals surface area contributed by atoms with E-state index in [0.717, 1.165) is 6.42 Å². The summed E-state index contributed by atoms with van der Waals surface area (Å²) in [7, 11) is 0. The van der Waals surface area contributed by atoms with Crippen molar-refractivity contribution < 1.29 is 9.47 Å². The molecule has 1 saturated carbocycles. The first-order chi connectivity index (χ1) is 3.95. The largest absolute Gasteiger partial charge is 0.352 e. The molecule has 46 valence electrons. The molecule has 0 aromatic rings. The third-order valence-corrected chi connectivity index (χ3v) is 1.94. The molecule has 2 heteroatoms. The molecule has 1 aliphatic heterocycles. The fraction of sp³-hybridized carbons (Fsp3) is 1.00. The Morgan fingerprint density at radius 3 is 2.12 bits per heavy atom. The van der Waals surface area contributed by atoms with Crippen LogP contribution in [0.2, 0.25) is 0 Å². The van der Waals surface area contributed by atoms with E-state index in [-0.39, 0.29) is 0 Å². The Bertz CT molecular complexity index is 78.5. The summed E-state index contributed by atoms with van der Waals surface area (Å²) in [5.74, 6) is 0. The van der Waals surface area contributed by atoms with Crippen molar-refractivity contribution in [1.82, 2.24) is 0 Å². The first-order valence-electron chi connectivity index (χ1n) is 3.18. The predicted octanol–water partition coefficient (Wildman–Crippen LogP) is 0.912. The molecule has 2 aliphatic rings. The number of ether oxygens (including phenoxy) is 2. The molecule has 0 radical (unpaired) electrons. The van der Waals surface area contributed by atoms with E-state index in [0.29, 0.717) is 19.0 Å². The molecule has 2 atom stereocenters. The Labute approximate surface area is 48.8 Å². The Hall–Kier alpha value is -0.0800. The SMILES string of the molecule is C1OC2CCC(C2)O1. The molecule has 0 amide bonds. The zero-order valence-corrected chi connectivity index (χ0v) is 4.80. The van der Waals surface area contributed by atoms with Gasteiger partial charge in [0.25, 0.3) is 0 Å². The predicted molar refractivity (Wildman–Crippen MR) is 28.5 cm³/mol. The highest BCUT2D eigenvalue weighted by Crippen LogP contribution is 2.28. The summed E-state index contributed by atoms with van der Waals surface area (Å²) >= 11 is 0. The van der Waals surface area contributed by atoms with Gasteiger partial charge in [-0.1, -0.05) is 0 Å². The minimum absolute atomic E-state index is 0.536. The van der Waals surface area contributed by atoms with E-state index in [1.165, 1.54) is 12.8 Å². The van der Waals surface area contributed by atoms with Gasteiger partial charge in [-0.05, 0) is 19.3 Å². The molecule has 0 N–H and O–H groups in total. The van der Waals surface area contributed by atoms with Crippen LogP contribution in [0.3, 0.4) is 0 Å². The summed E-state index contributed by atoms with van der Waals surface area (Å²) in [5, 5.41) is 0. The van der Waals surface area contributed by atoms with Gasteiger partial charge in [-0.2, -0.15) is 0 Å². The normalized spacial score (nSPS) is 45.0. The molecule has 2 rings (SSSR count). The maximum atomic E-state index is 5.25. The van der Waals surface area contributed by atoms with Crippen LogP contribution < -0.4 is 0 Å². The van der Waals surface area contributed by atoms with E-state index in [2.05, 4.69) is 0 Å².